The first-order chi connectivity index (χ1) is 14.8. The Morgan fingerprint density at radius 2 is 2.10 bits per heavy atom. The highest BCUT2D eigenvalue weighted by Crippen LogP contribution is 2.44. The number of aromatic amines is 1. The predicted molar refractivity (Wildman–Crippen MR) is 109 cm³/mol. The number of aromatic nitrogens is 2. The molecule has 1 aliphatic rings. The van der Waals surface area contributed by atoms with Gasteiger partial charge in [0.1, 0.15) is 6.23 Å². The van der Waals surface area contributed by atoms with E-state index < -0.39 is 44.1 Å². The van der Waals surface area contributed by atoms with Crippen molar-refractivity contribution in [1.82, 2.24) is 9.55 Å². The van der Waals surface area contributed by atoms with Crippen LogP contribution in [0.1, 0.15) is 23.8 Å². The fourth-order valence-electron chi connectivity index (χ4n) is 3.15. The second kappa shape index (κ2) is 10.1. The summed E-state index contributed by atoms with van der Waals surface area (Å²) < 4.78 is 29.1. The minimum absolute atomic E-state index is 0.0300. The summed E-state index contributed by atoms with van der Waals surface area (Å²) in [5, 5.41) is 3.63. The minimum atomic E-state index is -4.37. The van der Waals surface area contributed by atoms with Crippen LogP contribution in [0.3, 0.4) is 0 Å². The van der Waals surface area contributed by atoms with Gasteiger partial charge in [-0.25, -0.2) is 9.36 Å². The largest absolute Gasteiger partial charge is 0.472 e. The van der Waals surface area contributed by atoms with E-state index in [9.17, 15) is 19.0 Å². The molecule has 0 saturated carbocycles. The molecule has 13 heteroatoms. The summed E-state index contributed by atoms with van der Waals surface area (Å²) in [5.41, 5.74) is 8.85. The van der Waals surface area contributed by atoms with Crippen LogP contribution in [0, 0.1) is 6.92 Å². The number of nitrogens with one attached hydrogen (secondary N) is 1. The quantitative estimate of drug-likeness (QED) is 0.255. The molecule has 0 radical (unpaired) electrons. The fraction of sp³-hybridized carbons (Fsp3) is 0.444. The highest BCUT2D eigenvalue weighted by molar-refractivity contribution is 7.47. The molecule has 4 atom stereocenters. The van der Waals surface area contributed by atoms with Crippen molar-refractivity contribution in [2.75, 3.05) is 13.2 Å². The number of H-pyrrole nitrogens is 1. The normalized spacial score (nSPS) is 22.6. The van der Waals surface area contributed by atoms with Crippen molar-refractivity contribution in [2.24, 2.45) is 5.11 Å². The molecule has 3 rings (SSSR count). The van der Waals surface area contributed by atoms with E-state index in [0.717, 1.165) is 5.56 Å². The Balaban J connectivity index is 1.61. The molecule has 2 N–H and O–H groups in total. The van der Waals surface area contributed by atoms with Crippen LogP contribution in [-0.4, -0.2) is 39.8 Å². The summed E-state index contributed by atoms with van der Waals surface area (Å²) in [7, 11) is -4.37. The molecule has 0 amide bonds. The Kier molecular flexibility index (Phi) is 7.45. The number of hydrogen-bond acceptors (Lipinski definition) is 7. The fourth-order valence-corrected chi connectivity index (χ4v) is 3.88. The van der Waals surface area contributed by atoms with E-state index in [1.807, 2.05) is 30.3 Å². The van der Waals surface area contributed by atoms with Crippen LogP contribution in [-0.2, 0) is 24.8 Å². The number of ether oxygens (including phenoxy) is 1. The topological polar surface area (TPSA) is 169 Å². The number of nitrogens with zero attached hydrogens (tertiary/aromatic N) is 4. The molecule has 166 valence electrons. The third-order valence-corrected chi connectivity index (χ3v) is 5.73. The van der Waals surface area contributed by atoms with E-state index >= 15 is 0 Å². The zero-order valence-corrected chi connectivity index (χ0v) is 17.6. The summed E-state index contributed by atoms with van der Waals surface area (Å²) in [5.74, 6) is 0. The average Bonchev–Trinajstić information content (AvgIpc) is 3.13. The molecular formula is C18H22N5O7P. The van der Waals surface area contributed by atoms with Crippen molar-refractivity contribution < 1.29 is 23.2 Å². The van der Waals surface area contributed by atoms with E-state index in [1.54, 1.807) is 0 Å². The maximum Gasteiger partial charge on any atom is 0.472 e. The molecule has 31 heavy (non-hydrogen) atoms. The van der Waals surface area contributed by atoms with Gasteiger partial charge in [0, 0.05) is 23.1 Å². The van der Waals surface area contributed by atoms with Gasteiger partial charge >= 0.3 is 13.5 Å². The van der Waals surface area contributed by atoms with Gasteiger partial charge in [-0.1, -0.05) is 35.4 Å². The Hall–Kier alpha value is -2.72. The maximum atomic E-state index is 12.2. The van der Waals surface area contributed by atoms with Gasteiger partial charge in [-0.15, -0.1) is 0 Å². The zero-order valence-electron chi connectivity index (χ0n) is 16.7. The minimum Gasteiger partial charge on any atom is -0.352 e. The first-order valence-corrected chi connectivity index (χ1v) is 11.0. The monoisotopic (exact) mass is 451 g/mol. The van der Waals surface area contributed by atoms with Gasteiger partial charge in [0.25, 0.3) is 5.56 Å². The number of azide groups is 1. The average molecular weight is 451 g/mol. The lowest BCUT2D eigenvalue weighted by Gasteiger charge is -2.18. The molecule has 1 aliphatic heterocycles. The molecule has 0 spiro atoms. The van der Waals surface area contributed by atoms with Crippen LogP contribution in [0.15, 0.2) is 51.2 Å². The highest BCUT2D eigenvalue weighted by atomic mass is 31.2. The molecule has 2 aromatic rings. The van der Waals surface area contributed by atoms with Crippen LogP contribution < -0.4 is 11.2 Å². The van der Waals surface area contributed by atoms with Gasteiger partial charge in [-0.05, 0) is 24.4 Å². The smallest absolute Gasteiger partial charge is 0.352 e. The second-order valence-electron chi connectivity index (χ2n) is 6.95. The van der Waals surface area contributed by atoms with Crippen molar-refractivity contribution >= 4 is 7.82 Å². The van der Waals surface area contributed by atoms with Crippen molar-refractivity contribution in [2.45, 2.75) is 38.1 Å². The van der Waals surface area contributed by atoms with Crippen molar-refractivity contribution in [3.05, 3.63) is 78.9 Å². The number of rotatable bonds is 9. The lowest BCUT2D eigenvalue weighted by molar-refractivity contribution is -0.0283. The van der Waals surface area contributed by atoms with Crippen LogP contribution in [0.5, 0.6) is 0 Å². The Bertz CT molecular complexity index is 1110. The van der Waals surface area contributed by atoms with Gasteiger partial charge in [0.2, 0.25) is 0 Å². The molecule has 0 bridgehead atoms. The number of hydrogen-bond donors (Lipinski definition) is 2. The van der Waals surface area contributed by atoms with Gasteiger partial charge in [-0.3, -0.25) is 23.4 Å². The first kappa shape index (κ1) is 23.0. The lowest BCUT2D eigenvalue weighted by Crippen LogP contribution is -2.33. The van der Waals surface area contributed by atoms with Gasteiger partial charge in [-0.2, -0.15) is 0 Å². The molecular weight excluding hydrogens is 429 g/mol. The van der Waals surface area contributed by atoms with Crippen LogP contribution in [0.4, 0.5) is 0 Å². The molecule has 12 nitrogen and oxygen atoms in total. The standard InChI is InChI=1S/C18H22N5O7P/c1-12-10-23(18(25)20-17(12)24)16-9-14(21-22-19)15(30-16)11-29-31(26,27)28-8-7-13-5-3-2-4-6-13/h2-6,10,14-16H,7-9,11H2,1H3,(H,26,27)(H,20,24,25)/t14-,15+,16+/m0/s1. The Labute approximate surface area is 176 Å². The van der Waals surface area contributed by atoms with E-state index in [4.69, 9.17) is 19.3 Å². The third kappa shape index (κ3) is 6.14. The van der Waals surface area contributed by atoms with Gasteiger partial charge in [0.05, 0.1) is 25.4 Å². The van der Waals surface area contributed by atoms with E-state index in [1.165, 1.54) is 17.7 Å². The molecule has 0 aliphatic carbocycles. The summed E-state index contributed by atoms with van der Waals surface area (Å²) in [4.78, 5) is 38.5. The molecule has 1 aromatic carbocycles. The molecule has 2 heterocycles. The third-order valence-electron chi connectivity index (χ3n) is 4.75. The first-order valence-electron chi connectivity index (χ1n) is 9.46. The zero-order chi connectivity index (χ0) is 22.4. The summed E-state index contributed by atoms with van der Waals surface area (Å²) in [6.45, 7) is 1.11. The van der Waals surface area contributed by atoms with Crippen LogP contribution in [0.25, 0.3) is 10.4 Å². The SMILES string of the molecule is Cc1cn([C@H]2C[C@H](N=[N+]=[N-])[C@@H](COP(=O)(O)OCCc3ccccc3)O2)c(=O)[nH]c1=O. The van der Waals surface area contributed by atoms with E-state index in [2.05, 4.69) is 15.0 Å². The number of phosphoric ester groups is 1. The van der Waals surface area contributed by atoms with Gasteiger partial charge in [0.15, 0.2) is 0 Å². The van der Waals surface area contributed by atoms with Crippen LogP contribution in [0.2, 0.25) is 0 Å². The highest BCUT2D eigenvalue weighted by Gasteiger charge is 2.38. The van der Waals surface area contributed by atoms with Gasteiger partial charge < -0.3 is 9.63 Å². The predicted octanol–water partition coefficient (Wildman–Crippen LogP) is 2.19. The number of phosphoric acid groups is 1. The Morgan fingerprint density at radius 3 is 2.81 bits per heavy atom. The van der Waals surface area contributed by atoms with Crippen molar-refractivity contribution in [1.29, 1.82) is 0 Å². The van der Waals surface area contributed by atoms with Crippen molar-refractivity contribution in [3.8, 4) is 0 Å². The molecule has 1 saturated heterocycles. The maximum absolute atomic E-state index is 12.2. The molecule has 1 fully saturated rings. The molecule has 1 aromatic heterocycles. The molecule has 1 unspecified atom stereocenters. The number of benzene rings is 1. The second-order valence-corrected chi connectivity index (χ2v) is 8.40. The Morgan fingerprint density at radius 1 is 1.35 bits per heavy atom. The number of aryl methyl sites for hydroxylation is 1. The van der Waals surface area contributed by atoms with E-state index in [-0.39, 0.29) is 13.0 Å². The summed E-state index contributed by atoms with van der Waals surface area (Å²) in [6, 6.07) is 8.54. The van der Waals surface area contributed by atoms with Crippen LogP contribution >= 0.6 is 7.82 Å². The summed E-state index contributed by atoms with van der Waals surface area (Å²) >= 11 is 0. The van der Waals surface area contributed by atoms with Crippen molar-refractivity contribution in [3.63, 3.8) is 0 Å². The van der Waals surface area contributed by atoms with E-state index in [0.29, 0.717) is 12.0 Å². The summed E-state index contributed by atoms with van der Waals surface area (Å²) in [6.07, 6.45) is 0.148. The lowest BCUT2D eigenvalue weighted by atomic mass is 10.1.